The van der Waals surface area contributed by atoms with Crippen molar-refractivity contribution < 1.29 is 36.8 Å². The van der Waals surface area contributed by atoms with Crippen LogP contribution in [0.25, 0.3) is 0 Å². The molecule has 0 unspecified atom stereocenters. The van der Waals surface area contributed by atoms with Gasteiger partial charge in [-0.2, -0.15) is 0 Å². The van der Waals surface area contributed by atoms with Crippen molar-refractivity contribution in [3.8, 4) is 0 Å². The van der Waals surface area contributed by atoms with E-state index >= 15 is 0 Å². The molecule has 0 aromatic heterocycles. The lowest BCUT2D eigenvalue weighted by Crippen LogP contribution is -2.49. The minimum atomic E-state index is -2.77. The Morgan fingerprint density at radius 3 is 1.72 bits per heavy atom. The van der Waals surface area contributed by atoms with Crippen molar-refractivity contribution in [2.24, 2.45) is 0 Å². The van der Waals surface area contributed by atoms with Gasteiger partial charge in [-0.15, -0.1) is 37.0 Å². The third kappa shape index (κ3) is 7.08. The van der Waals surface area contributed by atoms with E-state index in [4.69, 9.17) is 0 Å². The zero-order chi connectivity index (χ0) is 14.3. The maximum atomic E-state index is 12.0. The van der Waals surface area contributed by atoms with Crippen molar-refractivity contribution in [3.63, 3.8) is 0 Å². The molecule has 0 fully saturated rings. The van der Waals surface area contributed by atoms with Gasteiger partial charge in [0.05, 0.1) is 19.6 Å². The van der Waals surface area contributed by atoms with Gasteiger partial charge in [0, 0.05) is 16.0 Å². The average Bonchev–Trinajstić information content (AvgIpc) is 2.11. The molecule has 0 aliphatic rings. The van der Waals surface area contributed by atoms with Gasteiger partial charge in [0.2, 0.25) is 0 Å². The molecule has 0 aliphatic carbocycles. The molecule has 0 saturated carbocycles. The van der Waals surface area contributed by atoms with E-state index in [9.17, 15) is 37.0 Å². The van der Waals surface area contributed by atoms with Crippen LogP contribution < -0.4 is 0 Å². The molecule has 108 valence electrons. The van der Waals surface area contributed by atoms with Crippen LogP contribution in [0.4, 0.5) is 26.9 Å². The highest BCUT2D eigenvalue weighted by atomic mass is 19.4. The quantitative estimate of drug-likeness (QED) is 0.277. The second-order valence-electron chi connectivity index (χ2n) is 3.20. The lowest BCUT2D eigenvalue weighted by Gasteiger charge is -2.30. The van der Waals surface area contributed by atoms with Gasteiger partial charge < -0.3 is 4.84 Å². The molecule has 0 bridgehead atoms. The van der Waals surface area contributed by atoms with Crippen LogP contribution >= 0.6 is 0 Å². The number of rotatable bonds is 9. The van der Waals surface area contributed by atoms with E-state index in [0.29, 0.717) is 0 Å². The Kier molecular flexibility index (Phi) is 6.64. The van der Waals surface area contributed by atoms with Crippen molar-refractivity contribution in [1.29, 1.82) is 0 Å². The number of halogens is 6. The monoisotopic (exact) mass is 286 g/mol. The molecule has 0 N–H and O–H groups in total. The summed E-state index contributed by atoms with van der Waals surface area (Å²) in [5, 5.41) is 3.68. The molecule has 0 atom stereocenters. The predicted octanol–water partition coefficient (Wildman–Crippen LogP) is 1.54. The largest absolute Gasteiger partial charge is 0.304 e. The zero-order valence-corrected chi connectivity index (χ0v) is 8.61. The van der Waals surface area contributed by atoms with E-state index < -0.39 is 52.8 Å². The third-order valence-electron chi connectivity index (χ3n) is 1.82. The van der Waals surface area contributed by atoms with Gasteiger partial charge >= 0.3 is 0 Å². The first-order valence-corrected chi connectivity index (χ1v) is 4.28. The van der Waals surface area contributed by atoms with E-state index in [1.165, 1.54) is 0 Å². The first kappa shape index (κ1) is 16.7. The first-order chi connectivity index (χ1) is 8.17. The summed E-state index contributed by atoms with van der Waals surface area (Å²) < 4.78 is 71.7. The van der Waals surface area contributed by atoms with Crippen LogP contribution in [-0.4, -0.2) is 46.4 Å². The number of hydrogen-bond donors (Lipinski definition) is 0. The second kappa shape index (κ2) is 7.17. The van der Waals surface area contributed by atoms with Crippen LogP contribution in [0.1, 0.15) is 6.42 Å². The van der Waals surface area contributed by atoms with Gasteiger partial charge in [0.25, 0.3) is 5.09 Å². The van der Waals surface area contributed by atoms with Gasteiger partial charge in [-0.1, -0.05) is 0 Å². The molecule has 0 rings (SSSR count). The van der Waals surface area contributed by atoms with E-state index in [1.54, 1.807) is 0 Å². The standard InChI is InChI=1S/C5H8F6N4O3/c6-12(7)2-1-5(3-13(8)9,4-14(10)11)18-15(16)17/h1-4H2. The van der Waals surface area contributed by atoms with Gasteiger partial charge in [-0.05, 0) is 6.42 Å². The summed E-state index contributed by atoms with van der Waals surface area (Å²) in [6.45, 7) is -4.52. The molecule has 13 heteroatoms. The highest BCUT2D eigenvalue weighted by Gasteiger charge is 2.41. The normalized spacial score (nSPS) is 12.5. The van der Waals surface area contributed by atoms with Crippen molar-refractivity contribution >= 4 is 0 Å². The van der Waals surface area contributed by atoms with Crippen molar-refractivity contribution in [2.75, 3.05) is 19.6 Å². The summed E-state index contributed by atoms with van der Waals surface area (Å²) in [4.78, 5) is 13.8. The van der Waals surface area contributed by atoms with Crippen molar-refractivity contribution in [2.45, 2.75) is 12.0 Å². The van der Waals surface area contributed by atoms with Gasteiger partial charge in [-0.3, -0.25) is 0 Å². The van der Waals surface area contributed by atoms with Crippen molar-refractivity contribution in [3.05, 3.63) is 10.1 Å². The summed E-state index contributed by atoms with van der Waals surface area (Å²) in [7, 11) is 0. The molecule has 0 amide bonds. The van der Waals surface area contributed by atoms with Gasteiger partial charge in [-0.25, -0.2) is 0 Å². The topological polar surface area (TPSA) is 62.1 Å². The lowest BCUT2D eigenvalue weighted by atomic mass is 10.00. The van der Waals surface area contributed by atoms with E-state index in [2.05, 4.69) is 4.84 Å². The molecule has 0 aliphatic heterocycles. The molecule has 0 spiro atoms. The number of nitrogens with zero attached hydrogens (tertiary/aromatic N) is 4. The predicted molar refractivity (Wildman–Crippen MR) is 42.2 cm³/mol. The van der Waals surface area contributed by atoms with Gasteiger partial charge in [0.1, 0.15) is 0 Å². The summed E-state index contributed by atoms with van der Waals surface area (Å²) >= 11 is 0. The molecule has 0 radical (unpaired) electrons. The fourth-order valence-corrected chi connectivity index (χ4v) is 1.19. The third-order valence-corrected chi connectivity index (χ3v) is 1.82. The Bertz CT molecular complexity index is 258. The van der Waals surface area contributed by atoms with Crippen LogP contribution in [0, 0.1) is 10.1 Å². The molecular formula is C5H8F6N4O3. The minimum Gasteiger partial charge on any atom is -0.304 e. The van der Waals surface area contributed by atoms with Crippen LogP contribution in [0.3, 0.4) is 0 Å². The molecule has 18 heavy (non-hydrogen) atoms. The lowest BCUT2D eigenvalue weighted by molar-refractivity contribution is -0.783. The Morgan fingerprint density at radius 1 is 1.00 bits per heavy atom. The fraction of sp³-hybridized carbons (Fsp3) is 1.00. The first-order valence-electron chi connectivity index (χ1n) is 4.28. The highest BCUT2D eigenvalue weighted by molar-refractivity contribution is 4.82. The Labute approximate surface area is 95.8 Å². The number of hydrogen-bond acceptors (Lipinski definition) is 6. The Balaban J connectivity index is 4.91. The molecule has 0 saturated heterocycles. The maximum absolute atomic E-state index is 12.0. The maximum Gasteiger partial charge on any atom is 0.295 e. The summed E-state index contributed by atoms with van der Waals surface area (Å²) in [6.07, 6.45) is -1.10. The minimum absolute atomic E-state index is 1.10. The van der Waals surface area contributed by atoms with Crippen LogP contribution in [0.5, 0.6) is 0 Å². The highest BCUT2D eigenvalue weighted by Crippen LogP contribution is 2.22. The van der Waals surface area contributed by atoms with Gasteiger partial charge in [0.15, 0.2) is 5.60 Å². The van der Waals surface area contributed by atoms with E-state index in [1.807, 2.05) is 0 Å². The fourth-order valence-electron chi connectivity index (χ4n) is 1.19. The van der Waals surface area contributed by atoms with Crippen LogP contribution in [0.15, 0.2) is 0 Å². The Morgan fingerprint density at radius 2 is 1.44 bits per heavy atom. The van der Waals surface area contributed by atoms with Crippen LogP contribution in [-0.2, 0) is 4.84 Å². The summed E-state index contributed by atoms with van der Waals surface area (Å²) in [5.74, 6) is 0. The zero-order valence-electron chi connectivity index (χ0n) is 8.61. The van der Waals surface area contributed by atoms with Crippen molar-refractivity contribution in [1.82, 2.24) is 16.0 Å². The molecule has 0 heterocycles. The van der Waals surface area contributed by atoms with E-state index in [0.717, 1.165) is 0 Å². The molecule has 7 nitrogen and oxygen atoms in total. The molecular weight excluding hydrogens is 278 g/mol. The molecule has 0 aromatic rings. The average molecular weight is 286 g/mol. The van der Waals surface area contributed by atoms with Crippen LogP contribution in [0.2, 0.25) is 0 Å². The smallest absolute Gasteiger partial charge is 0.295 e. The van der Waals surface area contributed by atoms with E-state index in [-0.39, 0.29) is 0 Å². The SMILES string of the molecule is O=[N+]([O-])OC(CCN(F)F)(CN(F)F)CN(F)F. The summed E-state index contributed by atoms with van der Waals surface area (Å²) in [6, 6.07) is 0. The second-order valence-corrected chi connectivity index (χ2v) is 3.20. The summed E-state index contributed by atoms with van der Waals surface area (Å²) in [5.41, 5.74) is -2.77. The Hall–Kier alpha value is -1.34. The molecule has 0 aromatic carbocycles.